The van der Waals surface area contributed by atoms with Crippen LogP contribution in [-0.2, 0) is 20.7 Å². The highest BCUT2D eigenvalue weighted by Gasteiger charge is 2.42. The number of rotatable bonds is 9. The number of ether oxygens (including phenoxy) is 1. The number of amides is 2. The van der Waals surface area contributed by atoms with E-state index < -0.39 is 11.5 Å². The lowest BCUT2D eigenvalue weighted by atomic mass is 9.73. The minimum Gasteiger partial charge on any atom is -0.379 e. The van der Waals surface area contributed by atoms with Gasteiger partial charge in [0.1, 0.15) is 6.04 Å². The maximum absolute atomic E-state index is 13.4. The van der Waals surface area contributed by atoms with Crippen LogP contribution in [0.1, 0.15) is 38.2 Å². The fraction of sp³-hybridized carbons (Fsp3) is 0.440. The summed E-state index contributed by atoms with van der Waals surface area (Å²) in [5.74, 6) is 0.0608. The summed E-state index contributed by atoms with van der Waals surface area (Å²) < 4.78 is 5.74. The Bertz CT molecular complexity index is 884. The number of carbonyl (C=O) groups excluding carboxylic acids is 2. The number of anilines is 1. The molecule has 0 unspecified atom stereocenters. The fourth-order valence-electron chi connectivity index (χ4n) is 4.14. The molecule has 32 heavy (non-hydrogen) atoms. The minimum absolute atomic E-state index is 0.116. The molecule has 2 aromatic rings. The standard InChI is InChI=1S/C25H31ClN2O3S/c1-2-31-21-12-14-25(17-32,15-13-21)24(30)28-22(16-18-6-4-3-5-7-18)23(29)27-20-10-8-19(26)9-11-20/h3-11,21-22,32H,2,12-17H2,1H3,(H,27,29)(H,28,30)/t21-,22-,25+/m0/s1. The van der Waals surface area contributed by atoms with Crippen molar-refractivity contribution in [2.45, 2.75) is 51.2 Å². The summed E-state index contributed by atoms with van der Waals surface area (Å²) >= 11 is 10.5. The highest BCUT2D eigenvalue weighted by atomic mass is 35.5. The Balaban J connectivity index is 1.74. The summed E-state index contributed by atoms with van der Waals surface area (Å²) in [6.45, 7) is 2.66. The number of thiol groups is 1. The molecule has 0 heterocycles. The smallest absolute Gasteiger partial charge is 0.247 e. The van der Waals surface area contributed by atoms with E-state index in [9.17, 15) is 9.59 Å². The van der Waals surface area contributed by atoms with E-state index in [-0.39, 0.29) is 17.9 Å². The van der Waals surface area contributed by atoms with Crippen LogP contribution < -0.4 is 10.6 Å². The zero-order chi connectivity index (χ0) is 23.0. The quantitative estimate of drug-likeness (QED) is 0.453. The van der Waals surface area contributed by atoms with Gasteiger partial charge in [-0.15, -0.1) is 0 Å². The zero-order valence-electron chi connectivity index (χ0n) is 18.4. The van der Waals surface area contributed by atoms with Crippen LogP contribution in [0, 0.1) is 5.41 Å². The van der Waals surface area contributed by atoms with Crippen molar-refractivity contribution in [2.75, 3.05) is 17.7 Å². The van der Waals surface area contributed by atoms with Gasteiger partial charge in [-0.2, -0.15) is 12.6 Å². The van der Waals surface area contributed by atoms with Crippen molar-refractivity contribution < 1.29 is 14.3 Å². The Labute approximate surface area is 200 Å². The molecule has 2 aromatic carbocycles. The van der Waals surface area contributed by atoms with Gasteiger partial charge < -0.3 is 15.4 Å². The monoisotopic (exact) mass is 474 g/mol. The molecule has 7 heteroatoms. The first-order chi connectivity index (χ1) is 15.5. The van der Waals surface area contributed by atoms with Crippen molar-refractivity contribution in [1.82, 2.24) is 5.32 Å². The summed E-state index contributed by atoms with van der Waals surface area (Å²) in [6.07, 6.45) is 3.63. The van der Waals surface area contributed by atoms with Crippen LogP contribution >= 0.6 is 24.2 Å². The minimum atomic E-state index is -0.707. The third-order valence-electron chi connectivity index (χ3n) is 6.09. The summed E-state index contributed by atoms with van der Waals surface area (Å²) in [5, 5.41) is 6.53. The number of hydrogen-bond acceptors (Lipinski definition) is 4. The largest absolute Gasteiger partial charge is 0.379 e. The van der Waals surface area contributed by atoms with E-state index in [0.717, 1.165) is 18.4 Å². The predicted octanol–water partition coefficient (Wildman–Crippen LogP) is 4.90. The Morgan fingerprint density at radius 1 is 1.12 bits per heavy atom. The van der Waals surface area contributed by atoms with Crippen LogP contribution in [0.25, 0.3) is 0 Å². The van der Waals surface area contributed by atoms with Crippen molar-refractivity contribution in [3.05, 3.63) is 65.2 Å². The summed E-state index contributed by atoms with van der Waals surface area (Å²) in [6, 6.07) is 15.9. The van der Waals surface area contributed by atoms with E-state index in [0.29, 0.717) is 42.3 Å². The van der Waals surface area contributed by atoms with Gasteiger partial charge >= 0.3 is 0 Å². The second-order valence-electron chi connectivity index (χ2n) is 8.31. The summed E-state index contributed by atoms with van der Waals surface area (Å²) in [7, 11) is 0. The number of hydrogen-bond donors (Lipinski definition) is 3. The number of carbonyl (C=O) groups is 2. The van der Waals surface area contributed by atoms with Crippen molar-refractivity contribution in [3.8, 4) is 0 Å². The molecule has 0 aliphatic heterocycles. The SMILES string of the molecule is CCO[C@H]1CC[C@@](CS)(C(=O)N[C@@H](Cc2ccccc2)C(=O)Nc2ccc(Cl)cc2)CC1. The topological polar surface area (TPSA) is 67.4 Å². The van der Waals surface area contributed by atoms with E-state index in [2.05, 4.69) is 23.3 Å². The molecule has 5 nitrogen and oxygen atoms in total. The zero-order valence-corrected chi connectivity index (χ0v) is 20.0. The molecule has 1 atom stereocenters. The van der Waals surface area contributed by atoms with Gasteiger partial charge in [0.25, 0.3) is 0 Å². The molecule has 0 spiro atoms. The molecule has 3 rings (SSSR count). The van der Waals surface area contributed by atoms with Gasteiger partial charge in [-0.05, 0) is 62.4 Å². The van der Waals surface area contributed by atoms with Crippen molar-refractivity contribution in [1.29, 1.82) is 0 Å². The van der Waals surface area contributed by atoms with Gasteiger partial charge in [-0.25, -0.2) is 0 Å². The van der Waals surface area contributed by atoms with Crippen molar-refractivity contribution in [3.63, 3.8) is 0 Å². The van der Waals surface area contributed by atoms with Gasteiger partial charge in [0.2, 0.25) is 11.8 Å². The Kier molecular flexibility index (Phi) is 9.02. The molecular weight excluding hydrogens is 444 g/mol. The van der Waals surface area contributed by atoms with E-state index in [4.69, 9.17) is 16.3 Å². The number of halogens is 1. The summed E-state index contributed by atoms with van der Waals surface area (Å²) in [4.78, 5) is 26.6. The average molecular weight is 475 g/mol. The van der Waals surface area contributed by atoms with Gasteiger partial charge in [0, 0.05) is 29.5 Å². The predicted molar refractivity (Wildman–Crippen MR) is 132 cm³/mol. The van der Waals surface area contributed by atoms with Crippen LogP contribution in [0.15, 0.2) is 54.6 Å². The van der Waals surface area contributed by atoms with E-state index >= 15 is 0 Å². The summed E-state index contributed by atoms with van der Waals surface area (Å²) in [5.41, 5.74) is 1.02. The molecule has 1 aliphatic carbocycles. The number of nitrogens with one attached hydrogen (secondary N) is 2. The van der Waals surface area contributed by atoms with Gasteiger partial charge in [-0.1, -0.05) is 41.9 Å². The number of benzene rings is 2. The lowest BCUT2D eigenvalue weighted by Crippen LogP contribution is -2.53. The Morgan fingerprint density at radius 3 is 2.38 bits per heavy atom. The first-order valence-corrected chi connectivity index (χ1v) is 12.1. The Hall–Kier alpha value is -2.02. The van der Waals surface area contributed by atoms with E-state index in [1.54, 1.807) is 24.3 Å². The molecule has 1 fully saturated rings. The van der Waals surface area contributed by atoms with Crippen LogP contribution in [0.4, 0.5) is 5.69 Å². The maximum Gasteiger partial charge on any atom is 0.247 e. The second kappa shape index (κ2) is 11.7. The third kappa shape index (κ3) is 6.50. The highest BCUT2D eigenvalue weighted by molar-refractivity contribution is 7.80. The van der Waals surface area contributed by atoms with Crippen molar-refractivity contribution in [2.24, 2.45) is 5.41 Å². The lowest BCUT2D eigenvalue weighted by molar-refractivity contribution is -0.136. The molecule has 172 valence electrons. The maximum atomic E-state index is 13.4. The van der Waals surface area contributed by atoms with E-state index in [1.807, 2.05) is 37.3 Å². The molecule has 0 bridgehead atoms. The van der Waals surface area contributed by atoms with Gasteiger partial charge in [0.15, 0.2) is 0 Å². The normalized spacial score (nSPS) is 21.5. The average Bonchev–Trinajstić information content (AvgIpc) is 2.81. The van der Waals surface area contributed by atoms with Gasteiger partial charge in [-0.3, -0.25) is 9.59 Å². The molecule has 0 radical (unpaired) electrons. The molecule has 1 saturated carbocycles. The first kappa shape index (κ1) is 24.6. The van der Waals surface area contributed by atoms with Crippen LogP contribution in [-0.4, -0.2) is 36.3 Å². The van der Waals surface area contributed by atoms with Crippen LogP contribution in [0.3, 0.4) is 0 Å². The first-order valence-electron chi connectivity index (χ1n) is 11.1. The van der Waals surface area contributed by atoms with Gasteiger partial charge in [0.05, 0.1) is 11.5 Å². The van der Waals surface area contributed by atoms with Crippen LogP contribution in [0.2, 0.25) is 5.02 Å². The third-order valence-corrected chi connectivity index (χ3v) is 6.95. The Morgan fingerprint density at radius 2 is 1.78 bits per heavy atom. The van der Waals surface area contributed by atoms with Crippen LogP contribution in [0.5, 0.6) is 0 Å². The van der Waals surface area contributed by atoms with E-state index in [1.165, 1.54) is 0 Å². The molecule has 0 aromatic heterocycles. The molecule has 2 amide bonds. The molecule has 0 saturated heterocycles. The molecular formula is C25H31ClN2O3S. The second-order valence-corrected chi connectivity index (χ2v) is 9.06. The highest BCUT2D eigenvalue weighted by Crippen LogP contribution is 2.39. The van der Waals surface area contributed by atoms with Crippen molar-refractivity contribution >= 4 is 41.7 Å². The molecule has 1 aliphatic rings. The lowest BCUT2D eigenvalue weighted by Gasteiger charge is -2.38. The fourth-order valence-corrected chi connectivity index (χ4v) is 4.72. The molecule has 2 N–H and O–H groups in total.